The van der Waals surface area contributed by atoms with Crippen LogP contribution in [0.3, 0.4) is 0 Å². The molecule has 1 N–H and O–H groups in total. The van der Waals surface area contributed by atoms with Gasteiger partial charge in [-0.25, -0.2) is 9.48 Å². The summed E-state index contributed by atoms with van der Waals surface area (Å²) in [5.74, 6) is 0. The molecule has 2 aromatic heterocycles. The van der Waals surface area contributed by atoms with E-state index in [9.17, 15) is 18.0 Å². The lowest BCUT2D eigenvalue weighted by atomic mass is 10.2. The average Bonchev–Trinajstić information content (AvgIpc) is 2.90. The maximum Gasteiger partial charge on any atom is 0.409 e. The number of fused-ring (bicyclic) bond motifs is 1. The summed E-state index contributed by atoms with van der Waals surface area (Å²) in [4.78, 5) is 12.1. The Morgan fingerprint density at radius 2 is 1.88 bits per heavy atom. The molecule has 3 aromatic rings. The molecule has 0 saturated carbocycles. The topological polar surface area (TPSA) is 51.3 Å². The largest absolute Gasteiger partial charge is 0.409 e. The number of alkyl halides is 3. The van der Waals surface area contributed by atoms with Crippen molar-refractivity contribution in [1.82, 2.24) is 14.2 Å². The highest BCUT2D eigenvalue weighted by molar-refractivity contribution is 5.55. The van der Waals surface area contributed by atoms with Crippen LogP contribution >= 0.6 is 0 Å². The molecule has 0 saturated heterocycles. The smallest absolute Gasteiger partial charge is 0.383 e. The van der Waals surface area contributed by atoms with Gasteiger partial charge in [-0.3, -0.25) is 4.40 Å². The third-order valence-electron chi connectivity index (χ3n) is 3.52. The summed E-state index contributed by atoms with van der Waals surface area (Å²) < 4.78 is 39.2. The van der Waals surface area contributed by atoms with E-state index in [1.807, 2.05) is 0 Å². The van der Waals surface area contributed by atoms with Crippen molar-refractivity contribution in [3.05, 3.63) is 70.8 Å². The first-order valence-electron chi connectivity index (χ1n) is 7.56. The number of anilines is 1. The summed E-state index contributed by atoms with van der Waals surface area (Å²) >= 11 is 0. The van der Waals surface area contributed by atoms with Crippen molar-refractivity contribution in [2.24, 2.45) is 0 Å². The lowest BCUT2D eigenvalue weighted by Gasteiger charge is -2.06. The van der Waals surface area contributed by atoms with Crippen molar-refractivity contribution in [3.63, 3.8) is 0 Å². The molecule has 3 rings (SSSR count). The summed E-state index contributed by atoms with van der Waals surface area (Å²) in [6, 6.07) is 11.8. The second-order valence-corrected chi connectivity index (χ2v) is 5.36. The number of hydrogen-bond donors (Lipinski definition) is 1. The Morgan fingerprint density at radius 1 is 1.12 bits per heavy atom. The number of benzene rings is 1. The zero-order chi connectivity index (χ0) is 17.9. The highest BCUT2D eigenvalue weighted by Crippen LogP contribution is 2.19. The van der Waals surface area contributed by atoms with Crippen LogP contribution in [0.2, 0.25) is 0 Å². The summed E-state index contributed by atoms with van der Waals surface area (Å²) in [6.07, 6.45) is -1.45. The molecule has 0 aliphatic carbocycles. The quantitative estimate of drug-likeness (QED) is 0.770. The van der Waals surface area contributed by atoms with Gasteiger partial charge in [0.2, 0.25) is 0 Å². The fourth-order valence-electron chi connectivity index (χ4n) is 2.32. The van der Waals surface area contributed by atoms with Crippen LogP contribution in [0.1, 0.15) is 5.56 Å². The van der Waals surface area contributed by atoms with Gasteiger partial charge in [-0.15, -0.1) is 5.10 Å². The van der Waals surface area contributed by atoms with Crippen LogP contribution in [0.25, 0.3) is 11.7 Å². The molecule has 130 valence electrons. The SMILES string of the molecule is O=c1n(CCNc2ccc(/C=C/C(F)(F)F)cc2)nc2ccccn12. The Bertz CT molecular complexity index is 939. The van der Waals surface area contributed by atoms with E-state index in [0.29, 0.717) is 24.3 Å². The second kappa shape index (κ2) is 6.84. The lowest BCUT2D eigenvalue weighted by Crippen LogP contribution is -2.24. The van der Waals surface area contributed by atoms with Gasteiger partial charge >= 0.3 is 11.9 Å². The first kappa shape index (κ1) is 16.8. The zero-order valence-corrected chi connectivity index (χ0v) is 13.1. The number of pyridine rings is 1. The van der Waals surface area contributed by atoms with Crippen LogP contribution in [0.4, 0.5) is 18.9 Å². The Kier molecular flexibility index (Phi) is 4.60. The summed E-state index contributed by atoms with van der Waals surface area (Å²) in [6.45, 7) is 0.831. The molecule has 0 radical (unpaired) electrons. The van der Waals surface area contributed by atoms with Gasteiger partial charge in [-0.05, 0) is 29.8 Å². The molecule has 0 aliphatic rings. The van der Waals surface area contributed by atoms with Gasteiger partial charge in [0.25, 0.3) is 0 Å². The van der Waals surface area contributed by atoms with E-state index >= 15 is 0 Å². The average molecular weight is 348 g/mol. The number of allylic oxidation sites excluding steroid dienone is 1. The molecule has 8 heteroatoms. The second-order valence-electron chi connectivity index (χ2n) is 5.36. The van der Waals surface area contributed by atoms with Crippen LogP contribution in [-0.4, -0.2) is 26.9 Å². The Labute approximate surface area is 141 Å². The minimum Gasteiger partial charge on any atom is -0.383 e. The fourth-order valence-corrected chi connectivity index (χ4v) is 2.32. The van der Waals surface area contributed by atoms with E-state index in [4.69, 9.17) is 0 Å². The Morgan fingerprint density at radius 3 is 2.56 bits per heavy atom. The molecule has 1 aromatic carbocycles. The molecule has 25 heavy (non-hydrogen) atoms. The Hall–Kier alpha value is -3.03. The maximum absolute atomic E-state index is 12.1. The van der Waals surface area contributed by atoms with Gasteiger partial charge in [0.15, 0.2) is 5.65 Å². The third-order valence-corrected chi connectivity index (χ3v) is 3.52. The van der Waals surface area contributed by atoms with Crippen molar-refractivity contribution in [2.45, 2.75) is 12.7 Å². The fraction of sp³-hybridized carbons (Fsp3) is 0.176. The minimum absolute atomic E-state index is 0.200. The van der Waals surface area contributed by atoms with Crippen molar-refractivity contribution in [1.29, 1.82) is 0 Å². The monoisotopic (exact) mass is 348 g/mol. The highest BCUT2D eigenvalue weighted by atomic mass is 19.4. The lowest BCUT2D eigenvalue weighted by molar-refractivity contribution is -0.0790. The van der Waals surface area contributed by atoms with E-state index in [2.05, 4.69) is 10.4 Å². The number of nitrogens with zero attached hydrogens (tertiary/aromatic N) is 3. The molecule has 5 nitrogen and oxygen atoms in total. The molecule has 0 bridgehead atoms. The van der Waals surface area contributed by atoms with E-state index < -0.39 is 6.18 Å². The molecule has 0 aliphatic heterocycles. The van der Waals surface area contributed by atoms with Gasteiger partial charge in [0.05, 0.1) is 6.54 Å². The van der Waals surface area contributed by atoms with Gasteiger partial charge in [0.1, 0.15) is 0 Å². The molecule has 2 heterocycles. The predicted molar refractivity (Wildman–Crippen MR) is 89.5 cm³/mol. The van der Waals surface area contributed by atoms with Crippen LogP contribution < -0.4 is 11.0 Å². The van der Waals surface area contributed by atoms with E-state index in [1.54, 1.807) is 48.7 Å². The predicted octanol–water partition coefficient (Wildman–Crippen LogP) is 3.18. The van der Waals surface area contributed by atoms with E-state index in [-0.39, 0.29) is 11.8 Å². The Balaban J connectivity index is 1.59. The van der Waals surface area contributed by atoms with E-state index in [0.717, 1.165) is 11.8 Å². The third kappa shape index (κ3) is 4.28. The first-order valence-corrected chi connectivity index (χ1v) is 7.56. The molecule has 0 atom stereocenters. The number of rotatable bonds is 5. The number of aromatic nitrogens is 3. The zero-order valence-electron chi connectivity index (χ0n) is 13.1. The van der Waals surface area contributed by atoms with Crippen LogP contribution in [0.15, 0.2) is 59.5 Å². The molecule has 0 spiro atoms. The first-order chi connectivity index (χ1) is 11.9. The van der Waals surface area contributed by atoms with Gasteiger partial charge in [0, 0.05) is 24.5 Å². The van der Waals surface area contributed by atoms with Gasteiger partial charge < -0.3 is 5.32 Å². The molecule has 0 amide bonds. The summed E-state index contributed by atoms with van der Waals surface area (Å²) in [7, 11) is 0. The van der Waals surface area contributed by atoms with Crippen molar-refractivity contribution >= 4 is 17.4 Å². The standard InChI is InChI=1S/C17H15F3N4O/c18-17(19,20)9-8-13-4-6-14(7-5-13)21-10-12-24-16(25)23-11-2-1-3-15(23)22-24/h1-9,11,21H,10,12H2/b9-8+. The van der Waals surface area contributed by atoms with Crippen molar-refractivity contribution in [3.8, 4) is 0 Å². The number of halogens is 3. The maximum atomic E-state index is 12.1. The van der Waals surface area contributed by atoms with Crippen LogP contribution in [0.5, 0.6) is 0 Å². The van der Waals surface area contributed by atoms with Crippen molar-refractivity contribution in [2.75, 3.05) is 11.9 Å². The van der Waals surface area contributed by atoms with E-state index in [1.165, 1.54) is 9.08 Å². The summed E-state index contributed by atoms with van der Waals surface area (Å²) in [5, 5.41) is 7.33. The van der Waals surface area contributed by atoms with Crippen molar-refractivity contribution < 1.29 is 13.2 Å². The number of nitrogens with one attached hydrogen (secondary N) is 1. The van der Waals surface area contributed by atoms with Gasteiger partial charge in [-0.1, -0.05) is 24.3 Å². The highest BCUT2D eigenvalue weighted by Gasteiger charge is 2.21. The number of hydrogen-bond acceptors (Lipinski definition) is 3. The molecule has 0 unspecified atom stereocenters. The molecule has 0 fully saturated rings. The summed E-state index contributed by atoms with van der Waals surface area (Å²) in [5.41, 5.74) is 1.57. The minimum atomic E-state index is -4.32. The molecular formula is C17H15F3N4O. The van der Waals surface area contributed by atoms with Crippen LogP contribution in [0, 0.1) is 0 Å². The molecular weight excluding hydrogens is 333 g/mol. The van der Waals surface area contributed by atoms with Crippen LogP contribution in [-0.2, 0) is 6.54 Å². The van der Waals surface area contributed by atoms with Gasteiger partial charge in [-0.2, -0.15) is 13.2 Å². The normalized spacial score (nSPS) is 12.1.